The monoisotopic (exact) mass is 299 g/mol. The largest absolute Gasteiger partial charge is 0.480 e. The van der Waals surface area contributed by atoms with Gasteiger partial charge in [-0.1, -0.05) is 42.5 Å². The van der Waals surface area contributed by atoms with E-state index in [1.807, 2.05) is 42.5 Å². The van der Waals surface area contributed by atoms with Crippen molar-refractivity contribution in [3.05, 3.63) is 65.7 Å². The molecule has 22 heavy (non-hydrogen) atoms. The summed E-state index contributed by atoms with van der Waals surface area (Å²) >= 11 is 0. The van der Waals surface area contributed by atoms with Crippen molar-refractivity contribution in [3.8, 4) is 0 Å². The molecule has 0 spiro atoms. The molecule has 2 aromatic carbocycles. The molecule has 0 heterocycles. The fourth-order valence-corrected chi connectivity index (χ4v) is 2.22. The number of carboxylic acids is 2. The number of carboxylic acid groups (broad SMARTS) is 2. The zero-order valence-corrected chi connectivity index (χ0v) is 12.0. The highest BCUT2D eigenvalue weighted by atomic mass is 16.4. The highest BCUT2D eigenvalue weighted by molar-refractivity contribution is 5.79. The Morgan fingerprint density at radius 3 is 1.77 bits per heavy atom. The fraction of sp³-hybridized carbons (Fsp3) is 0.176. The van der Waals surface area contributed by atoms with Gasteiger partial charge in [-0.05, 0) is 29.7 Å². The summed E-state index contributed by atoms with van der Waals surface area (Å²) in [6, 6.07) is 17.3. The molecule has 0 fully saturated rings. The minimum absolute atomic E-state index is 0.343. The number of carbonyl (C=O) groups is 2. The molecule has 0 aromatic heterocycles. The number of aliphatic carboxylic acids is 2. The molecule has 0 atom stereocenters. The number of rotatable bonds is 7. The highest BCUT2D eigenvalue weighted by Crippen LogP contribution is 2.17. The van der Waals surface area contributed by atoms with E-state index in [4.69, 9.17) is 10.2 Å². The minimum Gasteiger partial charge on any atom is -0.480 e. The topological polar surface area (TPSA) is 77.8 Å². The SMILES string of the molecule is O=C(O)CN(CC(=O)O)c1ccc(Cc2ccccc2)cc1. The first-order valence-electron chi connectivity index (χ1n) is 6.86. The van der Waals surface area contributed by atoms with Gasteiger partial charge < -0.3 is 15.1 Å². The predicted molar refractivity (Wildman–Crippen MR) is 83.2 cm³/mol. The maximum absolute atomic E-state index is 10.8. The van der Waals surface area contributed by atoms with E-state index >= 15 is 0 Å². The predicted octanol–water partition coefficient (Wildman–Crippen LogP) is 2.25. The summed E-state index contributed by atoms with van der Waals surface area (Å²) in [7, 11) is 0. The van der Waals surface area contributed by atoms with Gasteiger partial charge in [0.2, 0.25) is 0 Å². The van der Waals surface area contributed by atoms with Crippen LogP contribution in [0.2, 0.25) is 0 Å². The smallest absolute Gasteiger partial charge is 0.323 e. The molecule has 2 aromatic rings. The lowest BCUT2D eigenvalue weighted by molar-refractivity contribution is -0.136. The standard InChI is InChI=1S/C17H17NO4/c19-16(20)11-18(12-17(21)22)15-8-6-14(7-9-15)10-13-4-2-1-3-5-13/h1-9H,10-12H2,(H,19,20)(H,21,22). The first-order valence-corrected chi connectivity index (χ1v) is 6.86. The van der Waals surface area contributed by atoms with E-state index in [1.165, 1.54) is 10.5 Å². The lowest BCUT2D eigenvalue weighted by Crippen LogP contribution is -2.34. The molecule has 0 amide bonds. The summed E-state index contributed by atoms with van der Waals surface area (Å²) in [5, 5.41) is 17.7. The van der Waals surface area contributed by atoms with Crippen LogP contribution in [0.25, 0.3) is 0 Å². The number of hydrogen-bond donors (Lipinski definition) is 2. The Labute approximate surface area is 128 Å². The van der Waals surface area contributed by atoms with Gasteiger partial charge in [0.1, 0.15) is 13.1 Å². The molecule has 0 unspecified atom stereocenters. The normalized spacial score (nSPS) is 10.2. The van der Waals surface area contributed by atoms with Crippen LogP contribution in [0, 0.1) is 0 Å². The number of hydrogen-bond acceptors (Lipinski definition) is 3. The van der Waals surface area contributed by atoms with Gasteiger partial charge >= 0.3 is 11.9 Å². The molecule has 5 nitrogen and oxygen atoms in total. The van der Waals surface area contributed by atoms with Crippen molar-refractivity contribution in [1.29, 1.82) is 0 Å². The molecule has 0 radical (unpaired) electrons. The third kappa shape index (κ3) is 4.63. The van der Waals surface area contributed by atoms with Crippen LogP contribution in [0.4, 0.5) is 5.69 Å². The van der Waals surface area contributed by atoms with E-state index < -0.39 is 11.9 Å². The molecule has 2 N–H and O–H groups in total. The van der Waals surface area contributed by atoms with Crippen LogP contribution in [0.5, 0.6) is 0 Å². The van der Waals surface area contributed by atoms with E-state index in [1.54, 1.807) is 12.1 Å². The lowest BCUT2D eigenvalue weighted by atomic mass is 10.0. The lowest BCUT2D eigenvalue weighted by Gasteiger charge is -2.20. The summed E-state index contributed by atoms with van der Waals surface area (Å²) in [5.74, 6) is -2.12. The van der Waals surface area contributed by atoms with Gasteiger partial charge in [0.25, 0.3) is 0 Å². The van der Waals surface area contributed by atoms with Crippen LogP contribution >= 0.6 is 0 Å². The third-order valence-electron chi connectivity index (χ3n) is 3.20. The van der Waals surface area contributed by atoms with Crippen LogP contribution in [-0.4, -0.2) is 35.2 Å². The highest BCUT2D eigenvalue weighted by Gasteiger charge is 2.14. The van der Waals surface area contributed by atoms with Crippen LogP contribution in [-0.2, 0) is 16.0 Å². The summed E-state index contributed by atoms with van der Waals surface area (Å²) in [6.07, 6.45) is 0.777. The quantitative estimate of drug-likeness (QED) is 0.820. The van der Waals surface area contributed by atoms with Gasteiger partial charge in [-0.2, -0.15) is 0 Å². The van der Waals surface area contributed by atoms with Gasteiger partial charge in [0.05, 0.1) is 0 Å². The molecule has 0 aliphatic rings. The van der Waals surface area contributed by atoms with E-state index in [0.29, 0.717) is 5.69 Å². The number of anilines is 1. The molecule has 0 aliphatic heterocycles. The molecule has 114 valence electrons. The van der Waals surface area contributed by atoms with Crippen molar-refractivity contribution in [2.45, 2.75) is 6.42 Å². The maximum atomic E-state index is 10.8. The van der Waals surface area contributed by atoms with Gasteiger partial charge in [0, 0.05) is 5.69 Å². The van der Waals surface area contributed by atoms with E-state index in [9.17, 15) is 9.59 Å². The summed E-state index contributed by atoms with van der Waals surface area (Å²) in [5.41, 5.74) is 2.85. The fourth-order valence-electron chi connectivity index (χ4n) is 2.22. The van der Waals surface area contributed by atoms with Crippen molar-refractivity contribution in [1.82, 2.24) is 0 Å². The Morgan fingerprint density at radius 2 is 1.27 bits per heavy atom. The molecule has 0 bridgehead atoms. The van der Waals surface area contributed by atoms with E-state index in [2.05, 4.69) is 0 Å². The summed E-state index contributed by atoms with van der Waals surface area (Å²) in [4.78, 5) is 23.0. The Balaban J connectivity index is 2.11. The van der Waals surface area contributed by atoms with Crippen LogP contribution in [0.1, 0.15) is 11.1 Å². The van der Waals surface area contributed by atoms with Crippen molar-refractivity contribution >= 4 is 17.6 Å². The van der Waals surface area contributed by atoms with Gasteiger partial charge in [0.15, 0.2) is 0 Å². The van der Waals surface area contributed by atoms with Crippen molar-refractivity contribution in [3.63, 3.8) is 0 Å². The first-order chi connectivity index (χ1) is 10.5. The zero-order chi connectivity index (χ0) is 15.9. The minimum atomic E-state index is -1.06. The number of benzene rings is 2. The maximum Gasteiger partial charge on any atom is 0.323 e. The average Bonchev–Trinajstić information content (AvgIpc) is 2.47. The Morgan fingerprint density at radius 1 is 0.773 bits per heavy atom. The third-order valence-corrected chi connectivity index (χ3v) is 3.20. The molecule has 0 aliphatic carbocycles. The number of nitrogens with zero attached hydrogens (tertiary/aromatic N) is 1. The van der Waals surface area contributed by atoms with E-state index in [0.717, 1.165) is 12.0 Å². The molecule has 0 saturated carbocycles. The van der Waals surface area contributed by atoms with Crippen molar-refractivity contribution in [2.24, 2.45) is 0 Å². The van der Waals surface area contributed by atoms with Crippen LogP contribution in [0.3, 0.4) is 0 Å². The second-order valence-electron chi connectivity index (χ2n) is 4.97. The van der Waals surface area contributed by atoms with Crippen LogP contribution < -0.4 is 4.90 Å². The van der Waals surface area contributed by atoms with Gasteiger partial charge in [-0.15, -0.1) is 0 Å². The molecular weight excluding hydrogens is 282 g/mol. The molecule has 2 rings (SSSR count). The zero-order valence-electron chi connectivity index (χ0n) is 12.0. The molecular formula is C17H17NO4. The Bertz CT molecular complexity index is 621. The Kier molecular flexibility index (Phi) is 5.14. The summed E-state index contributed by atoms with van der Waals surface area (Å²) < 4.78 is 0. The summed E-state index contributed by atoms with van der Waals surface area (Å²) in [6.45, 7) is -0.686. The van der Waals surface area contributed by atoms with E-state index in [-0.39, 0.29) is 13.1 Å². The Hall–Kier alpha value is -2.82. The van der Waals surface area contributed by atoms with Gasteiger partial charge in [-0.25, -0.2) is 0 Å². The second-order valence-corrected chi connectivity index (χ2v) is 4.97. The van der Waals surface area contributed by atoms with Crippen molar-refractivity contribution < 1.29 is 19.8 Å². The van der Waals surface area contributed by atoms with Crippen molar-refractivity contribution in [2.75, 3.05) is 18.0 Å². The first kappa shape index (κ1) is 15.6. The second kappa shape index (κ2) is 7.26. The molecule has 5 heteroatoms. The average molecular weight is 299 g/mol. The van der Waals surface area contributed by atoms with Gasteiger partial charge in [-0.3, -0.25) is 9.59 Å². The molecule has 0 saturated heterocycles. The van der Waals surface area contributed by atoms with Crippen LogP contribution in [0.15, 0.2) is 54.6 Å².